The second-order valence-electron chi connectivity index (χ2n) is 5.83. The van der Waals surface area contributed by atoms with Crippen LogP contribution in [0.15, 0.2) is 41.8 Å². The average Bonchev–Trinajstić information content (AvgIpc) is 2.85. The maximum atomic E-state index is 11.3. The van der Waals surface area contributed by atoms with Crippen LogP contribution in [0.4, 0.5) is 0 Å². The zero-order valence-electron chi connectivity index (χ0n) is 12.4. The zero-order valence-corrected chi connectivity index (χ0v) is 12.4. The molecular formula is C18H21NO2. The van der Waals surface area contributed by atoms with Gasteiger partial charge in [0, 0.05) is 0 Å². The lowest BCUT2D eigenvalue weighted by molar-refractivity contribution is 0.0755. The van der Waals surface area contributed by atoms with E-state index in [0.717, 1.165) is 29.7 Å². The van der Waals surface area contributed by atoms with Crippen LogP contribution in [0.2, 0.25) is 0 Å². The lowest BCUT2D eigenvalue weighted by Crippen LogP contribution is -2.25. The van der Waals surface area contributed by atoms with Crippen LogP contribution in [0, 0.1) is 0 Å². The van der Waals surface area contributed by atoms with Crippen molar-refractivity contribution in [1.29, 1.82) is 0 Å². The van der Waals surface area contributed by atoms with Gasteiger partial charge < -0.3 is 10.1 Å². The SMILES string of the molecule is CC1NC(=C=O)C(c2ccccc2)=C1OC1CCCCC1. The molecule has 1 N–H and O–H groups in total. The Hall–Kier alpha value is -1.99. The third kappa shape index (κ3) is 2.88. The molecule has 3 nitrogen and oxygen atoms in total. The highest BCUT2D eigenvalue weighted by atomic mass is 16.5. The fraction of sp³-hybridized carbons (Fsp3) is 0.444. The van der Waals surface area contributed by atoms with Crippen LogP contribution in [-0.2, 0) is 9.53 Å². The third-order valence-corrected chi connectivity index (χ3v) is 4.26. The first-order valence-corrected chi connectivity index (χ1v) is 7.78. The van der Waals surface area contributed by atoms with Crippen LogP contribution in [0.5, 0.6) is 0 Å². The van der Waals surface area contributed by atoms with Crippen molar-refractivity contribution in [3.63, 3.8) is 0 Å². The molecule has 1 saturated carbocycles. The first-order valence-electron chi connectivity index (χ1n) is 7.78. The number of nitrogens with one attached hydrogen (secondary N) is 1. The van der Waals surface area contributed by atoms with Gasteiger partial charge in [-0.05, 0) is 38.2 Å². The first-order chi connectivity index (χ1) is 10.3. The van der Waals surface area contributed by atoms with Crippen LogP contribution in [0.25, 0.3) is 5.57 Å². The van der Waals surface area contributed by atoms with Crippen molar-refractivity contribution in [3.05, 3.63) is 47.4 Å². The molecule has 1 unspecified atom stereocenters. The molecule has 0 amide bonds. The third-order valence-electron chi connectivity index (χ3n) is 4.26. The van der Waals surface area contributed by atoms with Gasteiger partial charge in [0.2, 0.25) is 0 Å². The Labute approximate surface area is 125 Å². The Morgan fingerprint density at radius 3 is 2.52 bits per heavy atom. The van der Waals surface area contributed by atoms with Crippen LogP contribution in [0.3, 0.4) is 0 Å². The highest BCUT2D eigenvalue weighted by molar-refractivity contribution is 5.90. The fourth-order valence-electron chi connectivity index (χ4n) is 3.19. The van der Waals surface area contributed by atoms with Gasteiger partial charge in [-0.3, -0.25) is 0 Å². The molecule has 3 rings (SSSR count). The van der Waals surface area contributed by atoms with E-state index in [-0.39, 0.29) is 12.1 Å². The van der Waals surface area contributed by atoms with Gasteiger partial charge in [-0.25, -0.2) is 4.79 Å². The minimum Gasteiger partial charge on any atom is -0.492 e. The number of benzene rings is 1. The summed E-state index contributed by atoms with van der Waals surface area (Å²) in [5.41, 5.74) is 2.40. The minimum absolute atomic E-state index is 0.0265. The van der Waals surface area contributed by atoms with Gasteiger partial charge in [-0.1, -0.05) is 36.8 Å². The smallest absolute Gasteiger partial charge is 0.151 e. The first kappa shape index (κ1) is 14.0. The van der Waals surface area contributed by atoms with E-state index in [1.807, 2.05) is 43.2 Å². The number of ether oxygens (including phenoxy) is 1. The number of hydrogen-bond donors (Lipinski definition) is 1. The van der Waals surface area contributed by atoms with Crippen molar-refractivity contribution in [2.75, 3.05) is 0 Å². The molecular weight excluding hydrogens is 262 g/mol. The maximum absolute atomic E-state index is 11.3. The van der Waals surface area contributed by atoms with Gasteiger partial charge in [-0.2, -0.15) is 0 Å². The van der Waals surface area contributed by atoms with E-state index in [2.05, 4.69) is 5.32 Å². The summed E-state index contributed by atoms with van der Waals surface area (Å²) >= 11 is 0. The van der Waals surface area contributed by atoms with Crippen LogP contribution >= 0.6 is 0 Å². The lowest BCUT2D eigenvalue weighted by atomic mass is 9.97. The van der Waals surface area contributed by atoms with Crippen molar-refractivity contribution in [1.82, 2.24) is 5.32 Å². The quantitative estimate of drug-likeness (QED) is 0.863. The van der Waals surface area contributed by atoms with E-state index >= 15 is 0 Å². The Morgan fingerprint density at radius 2 is 1.86 bits per heavy atom. The van der Waals surface area contributed by atoms with E-state index < -0.39 is 0 Å². The molecule has 2 aliphatic rings. The van der Waals surface area contributed by atoms with Crippen molar-refractivity contribution < 1.29 is 9.53 Å². The summed E-state index contributed by atoms with van der Waals surface area (Å²) in [5.74, 6) is 2.92. The highest BCUT2D eigenvalue weighted by Gasteiger charge is 2.31. The monoisotopic (exact) mass is 283 g/mol. The number of hydrogen-bond acceptors (Lipinski definition) is 3. The fourth-order valence-corrected chi connectivity index (χ4v) is 3.19. The van der Waals surface area contributed by atoms with Crippen molar-refractivity contribution >= 4 is 11.5 Å². The summed E-state index contributed by atoms with van der Waals surface area (Å²) in [4.78, 5) is 11.3. The summed E-state index contributed by atoms with van der Waals surface area (Å²) in [6, 6.07) is 9.98. The van der Waals surface area contributed by atoms with E-state index in [1.54, 1.807) is 0 Å². The van der Waals surface area contributed by atoms with E-state index in [9.17, 15) is 4.79 Å². The van der Waals surface area contributed by atoms with Gasteiger partial charge in [0.1, 0.15) is 11.5 Å². The predicted molar refractivity (Wildman–Crippen MR) is 83.1 cm³/mol. The average molecular weight is 283 g/mol. The van der Waals surface area contributed by atoms with Crippen LogP contribution in [0.1, 0.15) is 44.6 Å². The van der Waals surface area contributed by atoms with Gasteiger partial charge in [0.25, 0.3) is 0 Å². The van der Waals surface area contributed by atoms with Gasteiger partial charge in [-0.15, -0.1) is 0 Å². The lowest BCUT2D eigenvalue weighted by Gasteiger charge is -2.25. The molecule has 21 heavy (non-hydrogen) atoms. The Morgan fingerprint density at radius 1 is 1.14 bits per heavy atom. The standard InChI is InChI=1S/C18H21NO2/c1-13-18(21-15-10-6-3-7-11-15)17(16(12-20)19-13)14-8-4-2-5-9-14/h2,4-5,8-9,13,15,19H,3,6-7,10-11H2,1H3. The van der Waals surface area contributed by atoms with Crippen molar-refractivity contribution in [2.24, 2.45) is 0 Å². The molecule has 0 aromatic heterocycles. The Balaban J connectivity index is 1.96. The summed E-state index contributed by atoms with van der Waals surface area (Å²) in [7, 11) is 0. The highest BCUT2D eigenvalue weighted by Crippen LogP contribution is 2.35. The second-order valence-corrected chi connectivity index (χ2v) is 5.83. The largest absolute Gasteiger partial charge is 0.492 e. The molecule has 3 heteroatoms. The molecule has 1 heterocycles. The Bertz CT molecular complexity index is 578. The molecule has 0 spiro atoms. The zero-order chi connectivity index (χ0) is 14.7. The summed E-state index contributed by atoms with van der Waals surface area (Å²) in [6.45, 7) is 2.03. The molecule has 110 valence electrons. The molecule has 1 aromatic rings. The molecule has 0 radical (unpaired) electrons. The summed E-state index contributed by atoms with van der Waals surface area (Å²) in [5, 5.41) is 3.19. The topological polar surface area (TPSA) is 38.3 Å². The second kappa shape index (κ2) is 6.19. The predicted octanol–water partition coefficient (Wildman–Crippen LogP) is 3.45. The molecule has 1 aliphatic heterocycles. The maximum Gasteiger partial charge on any atom is 0.151 e. The number of allylic oxidation sites excluding steroid dienone is 1. The van der Waals surface area contributed by atoms with E-state index in [0.29, 0.717) is 5.70 Å². The molecule has 1 atom stereocenters. The van der Waals surface area contributed by atoms with Gasteiger partial charge >= 0.3 is 0 Å². The van der Waals surface area contributed by atoms with Gasteiger partial charge in [0.15, 0.2) is 5.94 Å². The van der Waals surface area contributed by atoms with Crippen molar-refractivity contribution in [2.45, 2.75) is 51.2 Å². The normalized spacial score (nSPS) is 22.9. The number of rotatable bonds is 3. The molecule has 0 bridgehead atoms. The molecule has 1 aromatic carbocycles. The Kier molecular flexibility index (Phi) is 4.12. The minimum atomic E-state index is 0.0265. The summed E-state index contributed by atoms with van der Waals surface area (Å²) in [6.07, 6.45) is 6.27. The summed E-state index contributed by atoms with van der Waals surface area (Å²) < 4.78 is 6.28. The molecule has 1 aliphatic carbocycles. The van der Waals surface area contributed by atoms with E-state index in [1.165, 1.54) is 19.3 Å². The molecule has 1 fully saturated rings. The van der Waals surface area contributed by atoms with Crippen molar-refractivity contribution in [3.8, 4) is 0 Å². The number of carbonyl (C=O) groups excluding carboxylic acids is 1. The van der Waals surface area contributed by atoms with Gasteiger partial charge in [0.05, 0.1) is 17.7 Å². The van der Waals surface area contributed by atoms with Crippen LogP contribution in [-0.4, -0.2) is 18.1 Å². The van der Waals surface area contributed by atoms with Crippen LogP contribution < -0.4 is 5.32 Å². The van der Waals surface area contributed by atoms with E-state index in [4.69, 9.17) is 4.74 Å². The molecule has 0 saturated heterocycles.